The van der Waals surface area contributed by atoms with Crippen molar-refractivity contribution in [2.24, 2.45) is 0 Å². The minimum absolute atomic E-state index is 0.253. The van der Waals surface area contributed by atoms with E-state index >= 15 is 0 Å². The van der Waals surface area contributed by atoms with Crippen LogP contribution in [0.5, 0.6) is 0 Å². The second kappa shape index (κ2) is 10.5. The molecule has 180 valence electrons. The summed E-state index contributed by atoms with van der Waals surface area (Å²) < 4.78 is 58.2. The summed E-state index contributed by atoms with van der Waals surface area (Å²) in [6.07, 6.45) is -3.79. The quantitative estimate of drug-likeness (QED) is 0.319. The molecule has 0 fully saturated rings. The Morgan fingerprint density at radius 1 is 1.00 bits per heavy atom. The summed E-state index contributed by atoms with van der Waals surface area (Å²) >= 11 is 0. The maximum atomic E-state index is 13.8. The zero-order valence-electron chi connectivity index (χ0n) is 18.5. The lowest BCUT2D eigenvalue weighted by molar-refractivity contribution is -0.137. The number of carbonyl (C=O) groups is 2. The average Bonchev–Trinajstić information content (AvgIpc) is 2.67. The van der Waals surface area contributed by atoms with Gasteiger partial charge in [0.15, 0.2) is 0 Å². The number of ether oxygens (including phenoxy) is 1. The number of alkyl halides is 3. The van der Waals surface area contributed by atoms with Crippen LogP contribution in [0.4, 0.5) is 33.7 Å². The van der Waals surface area contributed by atoms with E-state index in [2.05, 4.69) is 10.6 Å². The van der Waals surface area contributed by atoms with Gasteiger partial charge in [0, 0.05) is 12.2 Å². The Hall–Kier alpha value is -3.30. The van der Waals surface area contributed by atoms with Crippen LogP contribution in [-0.2, 0) is 17.3 Å². The summed E-state index contributed by atoms with van der Waals surface area (Å²) in [6, 6.07) is 5.98. The molecule has 0 aliphatic carbocycles. The van der Waals surface area contributed by atoms with E-state index in [1.54, 1.807) is 20.8 Å². The van der Waals surface area contributed by atoms with Crippen molar-refractivity contribution >= 4 is 23.4 Å². The van der Waals surface area contributed by atoms with Gasteiger partial charge in [-0.3, -0.25) is 0 Å². The van der Waals surface area contributed by atoms with Crippen LogP contribution in [0.15, 0.2) is 36.4 Å². The van der Waals surface area contributed by atoms with Gasteiger partial charge >= 0.3 is 18.2 Å². The van der Waals surface area contributed by atoms with Gasteiger partial charge in [0.2, 0.25) is 0 Å². The first-order valence-electron chi connectivity index (χ1n) is 10.2. The summed E-state index contributed by atoms with van der Waals surface area (Å²) in [5.74, 6) is -1.94. The molecule has 0 spiro atoms. The minimum atomic E-state index is -4.65. The SMILES string of the molecule is CC(C)(C)OC(=O)NCCCCc1cc(F)ccc1Nc1cc(C(F)(F)F)ccc1C(=O)O. The molecular weight excluding hydrogens is 444 g/mol. The van der Waals surface area contributed by atoms with E-state index < -0.39 is 35.2 Å². The van der Waals surface area contributed by atoms with E-state index in [4.69, 9.17) is 4.74 Å². The molecule has 0 aromatic heterocycles. The van der Waals surface area contributed by atoms with E-state index in [0.717, 1.165) is 12.1 Å². The van der Waals surface area contributed by atoms with Crippen molar-refractivity contribution < 1.29 is 37.0 Å². The van der Waals surface area contributed by atoms with E-state index in [1.807, 2.05) is 0 Å². The fraction of sp³-hybridized carbons (Fsp3) is 0.391. The lowest BCUT2D eigenvalue weighted by atomic mass is 10.0. The van der Waals surface area contributed by atoms with E-state index in [0.29, 0.717) is 49.2 Å². The molecule has 0 radical (unpaired) electrons. The molecular formula is C23H26F4N2O4. The van der Waals surface area contributed by atoms with Gasteiger partial charge in [0.05, 0.1) is 16.8 Å². The zero-order chi connectivity index (χ0) is 24.8. The Labute approximate surface area is 188 Å². The fourth-order valence-electron chi connectivity index (χ4n) is 2.99. The number of hydrogen-bond donors (Lipinski definition) is 3. The Morgan fingerprint density at radius 3 is 2.30 bits per heavy atom. The third kappa shape index (κ3) is 8.28. The van der Waals surface area contributed by atoms with Crippen LogP contribution in [0.25, 0.3) is 0 Å². The van der Waals surface area contributed by atoms with Crippen molar-refractivity contribution in [3.05, 3.63) is 58.9 Å². The minimum Gasteiger partial charge on any atom is -0.478 e. The van der Waals surface area contributed by atoms with E-state index in [9.17, 15) is 32.3 Å². The van der Waals surface area contributed by atoms with Gasteiger partial charge < -0.3 is 20.5 Å². The molecule has 2 aromatic rings. The third-order valence-electron chi connectivity index (χ3n) is 4.46. The average molecular weight is 470 g/mol. The smallest absolute Gasteiger partial charge is 0.416 e. The normalized spacial score (nSPS) is 11.7. The molecule has 0 saturated carbocycles. The summed E-state index contributed by atoms with van der Waals surface area (Å²) in [5, 5.41) is 14.7. The standard InChI is InChI=1S/C23H26F4N2O4/c1-22(2,3)33-21(32)28-11-5-4-6-14-12-16(24)8-10-18(14)29-19-13-15(23(25,26)27)7-9-17(19)20(30)31/h7-10,12-13,29H,4-6,11H2,1-3H3,(H,28,32)(H,30,31). The van der Waals surface area contributed by atoms with Gasteiger partial charge in [-0.15, -0.1) is 0 Å². The number of aryl methyl sites for hydroxylation is 1. The summed E-state index contributed by atoms with van der Waals surface area (Å²) in [4.78, 5) is 23.1. The van der Waals surface area contributed by atoms with Crippen molar-refractivity contribution in [1.82, 2.24) is 5.32 Å². The number of hydrogen-bond acceptors (Lipinski definition) is 4. The highest BCUT2D eigenvalue weighted by molar-refractivity contribution is 5.95. The summed E-state index contributed by atoms with van der Waals surface area (Å²) in [7, 11) is 0. The Bertz CT molecular complexity index is 1000. The van der Waals surface area contributed by atoms with Crippen LogP contribution in [0.3, 0.4) is 0 Å². The number of unbranched alkanes of at least 4 members (excludes halogenated alkanes) is 1. The van der Waals surface area contributed by atoms with E-state index in [-0.39, 0.29) is 11.3 Å². The summed E-state index contributed by atoms with van der Waals surface area (Å²) in [6.45, 7) is 5.55. The molecule has 10 heteroatoms. The van der Waals surface area contributed by atoms with Crippen LogP contribution >= 0.6 is 0 Å². The molecule has 33 heavy (non-hydrogen) atoms. The van der Waals surface area contributed by atoms with Gasteiger partial charge in [-0.1, -0.05) is 0 Å². The predicted molar refractivity (Wildman–Crippen MR) is 115 cm³/mol. The Morgan fingerprint density at radius 2 is 1.70 bits per heavy atom. The molecule has 3 N–H and O–H groups in total. The molecule has 1 amide bonds. The number of rotatable bonds is 8. The number of benzene rings is 2. The number of anilines is 2. The highest BCUT2D eigenvalue weighted by Crippen LogP contribution is 2.34. The molecule has 6 nitrogen and oxygen atoms in total. The molecule has 0 heterocycles. The number of alkyl carbamates (subject to hydrolysis) is 1. The molecule has 0 atom stereocenters. The molecule has 0 aliphatic rings. The maximum absolute atomic E-state index is 13.8. The lowest BCUT2D eigenvalue weighted by Gasteiger charge is -2.19. The highest BCUT2D eigenvalue weighted by atomic mass is 19.4. The second-order valence-electron chi connectivity index (χ2n) is 8.38. The number of carboxylic acids is 1. The monoisotopic (exact) mass is 470 g/mol. The highest BCUT2D eigenvalue weighted by Gasteiger charge is 2.31. The van der Waals surface area contributed by atoms with Crippen molar-refractivity contribution in [3.8, 4) is 0 Å². The van der Waals surface area contributed by atoms with Gasteiger partial charge in [-0.05, 0) is 82.0 Å². The maximum Gasteiger partial charge on any atom is 0.416 e. The topological polar surface area (TPSA) is 87.7 Å². The lowest BCUT2D eigenvalue weighted by Crippen LogP contribution is -2.33. The number of carbonyl (C=O) groups excluding carboxylic acids is 1. The molecule has 2 aromatic carbocycles. The number of halogens is 4. The van der Waals surface area contributed by atoms with E-state index in [1.165, 1.54) is 12.1 Å². The van der Waals surface area contributed by atoms with Gasteiger partial charge in [-0.25, -0.2) is 14.0 Å². The van der Waals surface area contributed by atoms with Crippen LogP contribution in [0.2, 0.25) is 0 Å². The largest absolute Gasteiger partial charge is 0.478 e. The molecule has 0 saturated heterocycles. The van der Waals surface area contributed by atoms with Crippen LogP contribution in [-0.4, -0.2) is 29.3 Å². The Kier molecular flexibility index (Phi) is 8.29. The number of carboxylic acid groups (broad SMARTS) is 1. The number of aromatic carboxylic acids is 1. The first-order valence-corrected chi connectivity index (χ1v) is 10.2. The van der Waals surface area contributed by atoms with Crippen LogP contribution in [0, 0.1) is 5.82 Å². The molecule has 2 rings (SSSR count). The van der Waals surface area contributed by atoms with Crippen LogP contribution < -0.4 is 10.6 Å². The third-order valence-corrected chi connectivity index (χ3v) is 4.46. The van der Waals surface area contributed by atoms with Crippen molar-refractivity contribution in [2.75, 3.05) is 11.9 Å². The molecule has 0 aliphatic heterocycles. The number of nitrogens with one attached hydrogen (secondary N) is 2. The van der Waals surface area contributed by atoms with Crippen molar-refractivity contribution in [3.63, 3.8) is 0 Å². The first-order chi connectivity index (χ1) is 15.3. The zero-order valence-corrected chi connectivity index (χ0v) is 18.5. The van der Waals surface area contributed by atoms with Gasteiger partial charge in [0.25, 0.3) is 0 Å². The van der Waals surface area contributed by atoms with Crippen molar-refractivity contribution in [2.45, 2.75) is 51.8 Å². The van der Waals surface area contributed by atoms with Crippen molar-refractivity contribution in [1.29, 1.82) is 0 Å². The predicted octanol–water partition coefficient (Wildman–Crippen LogP) is 6.13. The van der Waals surface area contributed by atoms with Gasteiger partial charge in [0.1, 0.15) is 11.4 Å². The summed E-state index contributed by atoms with van der Waals surface area (Å²) in [5.41, 5.74) is -1.48. The second-order valence-corrected chi connectivity index (χ2v) is 8.38. The molecule has 0 unspecified atom stereocenters. The van der Waals surface area contributed by atoms with Crippen LogP contribution in [0.1, 0.15) is 55.1 Å². The number of amides is 1. The first kappa shape index (κ1) is 26.0. The molecule has 0 bridgehead atoms. The Balaban J connectivity index is 2.11. The fourth-order valence-corrected chi connectivity index (χ4v) is 2.99. The van der Waals surface area contributed by atoms with Gasteiger partial charge in [-0.2, -0.15) is 13.2 Å².